The summed E-state index contributed by atoms with van der Waals surface area (Å²) in [5.74, 6) is 1.66. The quantitative estimate of drug-likeness (QED) is 0.747. The molecule has 0 spiro atoms. The molecular formula is C21H40FN3. The number of alkyl halides is 1. The summed E-state index contributed by atoms with van der Waals surface area (Å²) in [6, 6.07) is 2.00. The molecule has 1 aliphatic carbocycles. The van der Waals surface area contributed by atoms with Crippen LogP contribution in [0, 0.1) is 11.8 Å². The Balaban J connectivity index is 1.45. The Labute approximate surface area is 154 Å². The Bertz CT molecular complexity index is 413. The topological polar surface area (TPSA) is 9.72 Å². The smallest absolute Gasteiger partial charge is 0.128 e. The van der Waals surface area contributed by atoms with E-state index in [4.69, 9.17) is 0 Å². The van der Waals surface area contributed by atoms with Crippen molar-refractivity contribution in [2.45, 2.75) is 90.1 Å². The van der Waals surface area contributed by atoms with Crippen LogP contribution in [0.4, 0.5) is 4.39 Å². The molecule has 3 rings (SSSR count). The van der Waals surface area contributed by atoms with Crippen molar-refractivity contribution < 1.29 is 4.39 Å². The predicted octanol–water partition coefficient (Wildman–Crippen LogP) is 3.64. The van der Waals surface area contributed by atoms with Gasteiger partial charge in [-0.3, -0.25) is 9.80 Å². The highest BCUT2D eigenvalue weighted by atomic mass is 19.1. The van der Waals surface area contributed by atoms with Gasteiger partial charge in [-0.2, -0.15) is 0 Å². The number of halogens is 1. The van der Waals surface area contributed by atoms with Crippen LogP contribution in [0.2, 0.25) is 0 Å². The van der Waals surface area contributed by atoms with Crippen molar-refractivity contribution in [2.24, 2.45) is 11.8 Å². The van der Waals surface area contributed by atoms with Gasteiger partial charge in [0.25, 0.3) is 0 Å². The average molecular weight is 354 g/mol. The largest absolute Gasteiger partial charge is 0.301 e. The Kier molecular flexibility index (Phi) is 6.44. The van der Waals surface area contributed by atoms with Crippen LogP contribution in [0.3, 0.4) is 0 Å². The van der Waals surface area contributed by atoms with Gasteiger partial charge in [0.05, 0.1) is 0 Å². The molecule has 0 aromatic rings. The Morgan fingerprint density at radius 3 is 2.12 bits per heavy atom. The van der Waals surface area contributed by atoms with Gasteiger partial charge in [0.15, 0.2) is 0 Å². The monoisotopic (exact) mass is 353 g/mol. The van der Waals surface area contributed by atoms with Gasteiger partial charge in [0.1, 0.15) is 6.17 Å². The van der Waals surface area contributed by atoms with Gasteiger partial charge in [-0.25, -0.2) is 4.39 Å². The molecule has 0 aromatic heterocycles. The fourth-order valence-electron chi connectivity index (χ4n) is 5.26. The van der Waals surface area contributed by atoms with Crippen LogP contribution in [0.25, 0.3) is 0 Å². The van der Waals surface area contributed by atoms with E-state index in [9.17, 15) is 4.39 Å². The van der Waals surface area contributed by atoms with Gasteiger partial charge >= 0.3 is 0 Å². The second kappa shape index (κ2) is 8.22. The molecule has 3 aliphatic rings. The summed E-state index contributed by atoms with van der Waals surface area (Å²) in [7, 11) is 2.18. The third-order valence-electron chi connectivity index (χ3n) is 7.48. The van der Waals surface area contributed by atoms with Gasteiger partial charge in [0, 0.05) is 37.3 Å². The molecule has 2 aliphatic heterocycles. The highest BCUT2D eigenvalue weighted by Gasteiger charge is 2.41. The summed E-state index contributed by atoms with van der Waals surface area (Å²) in [5, 5.41) is 0. The molecule has 0 radical (unpaired) electrons. The fraction of sp³-hybridized carbons (Fsp3) is 1.00. The van der Waals surface area contributed by atoms with E-state index < -0.39 is 6.17 Å². The zero-order valence-electron chi connectivity index (χ0n) is 17.1. The lowest BCUT2D eigenvalue weighted by Crippen LogP contribution is -2.59. The first kappa shape index (κ1) is 19.6. The number of piperidine rings is 2. The minimum absolute atomic E-state index is 0.132. The molecule has 4 heteroatoms. The second-order valence-corrected chi connectivity index (χ2v) is 9.52. The molecule has 2 saturated heterocycles. The van der Waals surface area contributed by atoms with Crippen molar-refractivity contribution in [3.8, 4) is 0 Å². The zero-order chi connectivity index (χ0) is 18.1. The minimum atomic E-state index is -0.681. The molecule has 3 nitrogen and oxygen atoms in total. The lowest BCUT2D eigenvalue weighted by atomic mass is 9.72. The first-order valence-corrected chi connectivity index (χ1v) is 10.7. The number of hydrogen-bond donors (Lipinski definition) is 0. The zero-order valence-corrected chi connectivity index (χ0v) is 17.1. The lowest BCUT2D eigenvalue weighted by molar-refractivity contribution is -0.0312. The Morgan fingerprint density at radius 2 is 1.60 bits per heavy atom. The first-order chi connectivity index (χ1) is 11.9. The van der Waals surface area contributed by atoms with Gasteiger partial charge in [-0.05, 0) is 77.9 Å². The van der Waals surface area contributed by atoms with E-state index in [0.717, 1.165) is 24.8 Å². The van der Waals surface area contributed by atoms with Crippen LogP contribution in [0.1, 0.15) is 59.8 Å². The SMILES string of the molecule is CC(C)C1CC(N2CCC(N(C)C3CCN(C(C)C)CC3)C(F)C2)C1. The van der Waals surface area contributed by atoms with E-state index in [0.29, 0.717) is 24.7 Å². The molecule has 0 N–H and O–H groups in total. The van der Waals surface area contributed by atoms with E-state index in [1.165, 1.54) is 38.8 Å². The van der Waals surface area contributed by atoms with Crippen LogP contribution in [0.5, 0.6) is 0 Å². The van der Waals surface area contributed by atoms with Crippen molar-refractivity contribution >= 4 is 0 Å². The van der Waals surface area contributed by atoms with Crippen molar-refractivity contribution in [3.05, 3.63) is 0 Å². The number of nitrogens with zero attached hydrogens (tertiary/aromatic N) is 3. The normalized spacial score (nSPS) is 36.4. The summed E-state index contributed by atoms with van der Waals surface area (Å²) in [6.45, 7) is 13.3. The van der Waals surface area contributed by atoms with Gasteiger partial charge < -0.3 is 4.90 Å². The fourth-order valence-corrected chi connectivity index (χ4v) is 5.26. The van der Waals surface area contributed by atoms with Crippen LogP contribution < -0.4 is 0 Å². The van der Waals surface area contributed by atoms with Gasteiger partial charge in [-0.1, -0.05) is 13.8 Å². The third-order valence-corrected chi connectivity index (χ3v) is 7.48. The van der Waals surface area contributed by atoms with Crippen LogP contribution in [-0.4, -0.2) is 78.3 Å². The molecule has 0 bridgehead atoms. The second-order valence-electron chi connectivity index (χ2n) is 9.52. The molecule has 25 heavy (non-hydrogen) atoms. The van der Waals surface area contributed by atoms with E-state index in [-0.39, 0.29) is 6.04 Å². The van der Waals surface area contributed by atoms with E-state index in [1.807, 2.05) is 0 Å². The lowest BCUT2D eigenvalue weighted by Gasteiger charge is -2.50. The molecule has 0 amide bonds. The summed E-state index contributed by atoms with van der Waals surface area (Å²) in [6.07, 6.45) is 5.29. The van der Waals surface area contributed by atoms with Crippen LogP contribution >= 0.6 is 0 Å². The van der Waals surface area contributed by atoms with Gasteiger partial charge in [0.2, 0.25) is 0 Å². The summed E-state index contributed by atoms with van der Waals surface area (Å²) >= 11 is 0. The molecule has 2 atom stereocenters. The minimum Gasteiger partial charge on any atom is -0.301 e. The molecule has 146 valence electrons. The summed E-state index contributed by atoms with van der Waals surface area (Å²) < 4.78 is 15.0. The van der Waals surface area contributed by atoms with Crippen molar-refractivity contribution in [2.75, 3.05) is 33.2 Å². The van der Waals surface area contributed by atoms with E-state index in [2.05, 4.69) is 49.4 Å². The number of likely N-dealkylation sites (tertiary alicyclic amines) is 2. The van der Waals surface area contributed by atoms with Crippen LogP contribution in [-0.2, 0) is 0 Å². The van der Waals surface area contributed by atoms with Crippen LogP contribution in [0.15, 0.2) is 0 Å². The molecule has 2 unspecified atom stereocenters. The molecule has 3 fully saturated rings. The predicted molar refractivity (Wildman–Crippen MR) is 104 cm³/mol. The maximum absolute atomic E-state index is 15.0. The third kappa shape index (κ3) is 4.39. The van der Waals surface area contributed by atoms with Crippen molar-refractivity contribution in [3.63, 3.8) is 0 Å². The Hall–Kier alpha value is -0.190. The van der Waals surface area contributed by atoms with Crippen molar-refractivity contribution in [1.82, 2.24) is 14.7 Å². The standard InChI is InChI=1S/C21H40FN3/c1-15(2)17-12-19(13-17)25-11-8-21(20(22)14-25)23(5)18-6-9-24(10-7-18)16(3)4/h15-21H,6-14H2,1-5H3. The molecular weight excluding hydrogens is 313 g/mol. The average Bonchev–Trinajstić information content (AvgIpc) is 2.52. The highest BCUT2D eigenvalue weighted by Crippen LogP contribution is 2.38. The maximum atomic E-state index is 15.0. The molecule has 0 aromatic carbocycles. The van der Waals surface area contributed by atoms with Gasteiger partial charge in [-0.15, -0.1) is 0 Å². The van der Waals surface area contributed by atoms with E-state index >= 15 is 0 Å². The maximum Gasteiger partial charge on any atom is 0.128 e. The summed E-state index contributed by atoms with van der Waals surface area (Å²) in [5.41, 5.74) is 0. The number of hydrogen-bond acceptors (Lipinski definition) is 3. The summed E-state index contributed by atoms with van der Waals surface area (Å²) in [4.78, 5) is 7.41. The van der Waals surface area contributed by atoms with Crippen molar-refractivity contribution in [1.29, 1.82) is 0 Å². The molecule has 2 heterocycles. The first-order valence-electron chi connectivity index (χ1n) is 10.7. The van der Waals surface area contributed by atoms with E-state index in [1.54, 1.807) is 0 Å². The Morgan fingerprint density at radius 1 is 0.960 bits per heavy atom. The molecule has 1 saturated carbocycles. The number of rotatable bonds is 5. The highest BCUT2D eigenvalue weighted by molar-refractivity contribution is 4.96.